The summed E-state index contributed by atoms with van der Waals surface area (Å²) in [7, 11) is 0. The lowest BCUT2D eigenvalue weighted by atomic mass is 9.97. The van der Waals surface area contributed by atoms with E-state index >= 15 is 0 Å². The van der Waals surface area contributed by atoms with Crippen molar-refractivity contribution in [2.75, 3.05) is 0 Å². The van der Waals surface area contributed by atoms with E-state index in [1.165, 1.54) is 0 Å². The molecule has 0 N–H and O–H groups in total. The van der Waals surface area contributed by atoms with Crippen molar-refractivity contribution in [3.8, 4) is 6.07 Å². The lowest BCUT2D eigenvalue weighted by Gasteiger charge is -2.13. The van der Waals surface area contributed by atoms with Crippen molar-refractivity contribution in [2.45, 2.75) is 32.0 Å². The van der Waals surface area contributed by atoms with Crippen molar-refractivity contribution < 1.29 is 0 Å². The molecule has 1 nitrogen and oxygen atoms in total. The van der Waals surface area contributed by atoms with E-state index in [0.717, 1.165) is 6.42 Å². The van der Waals surface area contributed by atoms with Gasteiger partial charge < -0.3 is 0 Å². The van der Waals surface area contributed by atoms with Gasteiger partial charge in [0.25, 0.3) is 0 Å². The fourth-order valence-corrected chi connectivity index (χ4v) is 1.21. The summed E-state index contributed by atoms with van der Waals surface area (Å²) in [4.78, 5) is 0.0231. The minimum atomic E-state index is 0.0231. The molecule has 0 aromatic rings. The van der Waals surface area contributed by atoms with Gasteiger partial charge in [0, 0.05) is 0 Å². The summed E-state index contributed by atoms with van der Waals surface area (Å²) in [6, 6.07) is 2.19. The molecular weight excluding hydrogens is 190 g/mol. The van der Waals surface area contributed by atoms with Crippen molar-refractivity contribution in [3.05, 3.63) is 0 Å². The van der Waals surface area contributed by atoms with Crippen molar-refractivity contribution in [2.24, 2.45) is 11.8 Å². The largest absolute Gasteiger partial charge is 0.197 e. The summed E-state index contributed by atoms with van der Waals surface area (Å²) < 4.78 is 0. The number of nitriles is 1. The van der Waals surface area contributed by atoms with Crippen molar-refractivity contribution in [1.29, 1.82) is 5.26 Å². The standard InChI is InChI=1S/C8H14BrN/c1-6(2)4-7(3)8(9)5-10/h6-8H,4H2,1-3H3. The van der Waals surface area contributed by atoms with E-state index in [-0.39, 0.29) is 4.83 Å². The van der Waals surface area contributed by atoms with Gasteiger partial charge in [-0.1, -0.05) is 36.7 Å². The third-order valence-electron chi connectivity index (χ3n) is 1.47. The second-order valence-corrected chi connectivity index (χ2v) is 4.12. The van der Waals surface area contributed by atoms with Crippen molar-refractivity contribution in [1.82, 2.24) is 0 Å². The van der Waals surface area contributed by atoms with Crippen molar-refractivity contribution >= 4 is 15.9 Å². The van der Waals surface area contributed by atoms with Gasteiger partial charge in [-0.15, -0.1) is 0 Å². The number of alkyl halides is 1. The molecule has 0 radical (unpaired) electrons. The van der Waals surface area contributed by atoms with Gasteiger partial charge in [-0.2, -0.15) is 5.26 Å². The molecule has 0 aromatic heterocycles. The lowest BCUT2D eigenvalue weighted by molar-refractivity contribution is 0.455. The SMILES string of the molecule is CC(C)CC(C)C(Br)C#N. The van der Waals surface area contributed by atoms with Crippen LogP contribution in [-0.2, 0) is 0 Å². The van der Waals surface area contributed by atoms with Crippen LogP contribution in [0.1, 0.15) is 27.2 Å². The molecule has 2 atom stereocenters. The topological polar surface area (TPSA) is 23.8 Å². The van der Waals surface area contributed by atoms with E-state index in [1.807, 2.05) is 0 Å². The normalized spacial score (nSPS) is 16.4. The summed E-state index contributed by atoms with van der Waals surface area (Å²) in [5.41, 5.74) is 0. The predicted octanol–water partition coefficient (Wildman–Crippen LogP) is 2.96. The van der Waals surface area contributed by atoms with Gasteiger partial charge in [0.05, 0.1) is 6.07 Å². The van der Waals surface area contributed by atoms with Crippen LogP contribution >= 0.6 is 15.9 Å². The van der Waals surface area contributed by atoms with Crippen LogP contribution in [0.15, 0.2) is 0 Å². The first-order chi connectivity index (χ1) is 4.57. The third-order valence-corrected chi connectivity index (χ3v) is 2.57. The Labute approximate surface area is 71.6 Å². The average molecular weight is 204 g/mol. The fourth-order valence-electron chi connectivity index (χ4n) is 0.990. The first-order valence-electron chi connectivity index (χ1n) is 3.61. The van der Waals surface area contributed by atoms with Gasteiger partial charge in [-0.25, -0.2) is 0 Å². The summed E-state index contributed by atoms with van der Waals surface area (Å²) >= 11 is 3.31. The van der Waals surface area contributed by atoms with Gasteiger partial charge in [-0.3, -0.25) is 0 Å². The molecule has 10 heavy (non-hydrogen) atoms. The highest BCUT2D eigenvalue weighted by Gasteiger charge is 2.13. The van der Waals surface area contributed by atoms with Crippen LogP contribution in [0.2, 0.25) is 0 Å². The zero-order valence-electron chi connectivity index (χ0n) is 6.76. The number of rotatable bonds is 3. The Balaban J connectivity index is 3.64. The Morgan fingerprint density at radius 2 is 1.90 bits per heavy atom. The molecule has 0 aromatic carbocycles. The number of hydrogen-bond acceptors (Lipinski definition) is 1. The molecule has 2 unspecified atom stereocenters. The zero-order valence-corrected chi connectivity index (χ0v) is 8.35. The Hall–Kier alpha value is -0.0300. The van der Waals surface area contributed by atoms with Crippen LogP contribution in [0.4, 0.5) is 0 Å². The van der Waals surface area contributed by atoms with Gasteiger partial charge in [0.15, 0.2) is 0 Å². The number of halogens is 1. The molecule has 0 saturated heterocycles. The molecule has 0 heterocycles. The molecule has 0 amide bonds. The molecular formula is C8H14BrN. The maximum absolute atomic E-state index is 8.52. The molecule has 0 spiro atoms. The highest BCUT2D eigenvalue weighted by Crippen LogP contribution is 2.19. The second-order valence-electron chi connectivity index (χ2n) is 3.14. The average Bonchev–Trinajstić information content (AvgIpc) is 1.85. The number of hydrogen-bond donors (Lipinski definition) is 0. The third kappa shape index (κ3) is 3.90. The molecule has 0 aliphatic rings. The van der Waals surface area contributed by atoms with Gasteiger partial charge >= 0.3 is 0 Å². The highest BCUT2D eigenvalue weighted by atomic mass is 79.9. The minimum absolute atomic E-state index is 0.0231. The second kappa shape index (κ2) is 4.73. The molecule has 2 heteroatoms. The smallest absolute Gasteiger partial charge is 0.104 e. The zero-order chi connectivity index (χ0) is 8.15. The number of nitrogens with zero attached hydrogens (tertiary/aromatic N) is 1. The molecule has 0 aliphatic heterocycles. The van der Waals surface area contributed by atoms with E-state index in [4.69, 9.17) is 5.26 Å². The van der Waals surface area contributed by atoms with Crippen LogP contribution in [-0.4, -0.2) is 4.83 Å². The van der Waals surface area contributed by atoms with Crippen molar-refractivity contribution in [3.63, 3.8) is 0 Å². The van der Waals surface area contributed by atoms with Gasteiger partial charge in [0.1, 0.15) is 4.83 Å². The van der Waals surface area contributed by atoms with Crippen LogP contribution in [0.5, 0.6) is 0 Å². The van der Waals surface area contributed by atoms with Crippen LogP contribution < -0.4 is 0 Å². The predicted molar refractivity (Wildman–Crippen MR) is 46.9 cm³/mol. The Bertz CT molecular complexity index is 126. The first kappa shape index (κ1) is 9.97. The summed E-state index contributed by atoms with van der Waals surface area (Å²) in [5, 5.41) is 8.52. The molecule has 0 bridgehead atoms. The quantitative estimate of drug-likeness (QED) is 0.648. The fraction of sp³-hybridized carbons (Fsp3) is 0.875. The molecule has 0 saturated carbocycles. The highest BCUT2D eigenvalue weighted by molar-refractivity contribution is 9.09. The summed E-state index contributed by atoms with van der Waals surface area (Å²) in [6.45, 7) is 6.45. The van der Waals surface area contributed by atoms with E-state index in [9.17, 15) is 0 Å². The Morgan fingerprint density at radius 1 is 1.40 bits per heavy atom. The van der Waals surface area contributed by atoms with E-state index in [0.29, 0.717) is 11.8 Å². The maximum Gasteiger partial charge on any atom is 0.104 e. The van der Waals surface area contributed by atoms with Gasteiger partial charge in [0.2, 0.25) is 0 Å². The summed E-state index contributed by atoms with van der Waals surface area (Å²) in [6.07, 6.45) is 1.11. The monoisotopic (exact) mass is 203 g/mol. The van der Waals surface area contributed by atoms with E-state index in [1.54, 1.807) is 0 Å². The summed E-state index contributed by atoms with van der Waals surface area (Å²) in [5.74, 6) is 1.15. The van der Waals surface area contributed by atoms with E-state index < -0.39 is 0 Å². The molecule has 0 rings (SSSR count). The van der Waals surface area contributed by atoms with Crippen LogP contribution in [0.3, 0.4) is 0 Å². The molecule has 0 fully saturated rings. The minimum Gasteiger partial charge on any atom is -0.197 e. The van der Waals surface area contributed by atoms with E-state index in [2.05, 4.69) is 42.8 Å². The Morgan fingerprint density at radius 3 is 2.20 bits per heavy atom. The lowest BCUT2D eigenvalue weighted by Crippen LogP contribution is -2.10. The first-order valence-corrected chi connectivity index (χ1v) is 4.53. The Kier molecular flexibility index (Phi) is 4.72. The van der Waals surface area contributed by atoms with Crippen LogP contribution in [0.25, 0.3) is 0 Å². The molecule has 58 valence electrons. The molecule has 0 aliphatic carbocycles. The maximum atomic E-state index is 8.52. The van der Waals surface area contributed by atoms with Gasteiger partial charge in [-0.05, 0) is 18.3 Å². The van der Waals surface area contributed by atoms with Crippen LogP contribution in [0, 0.1) is 23.2 Å².